The Balaban J connectivity index is 2.34. The number of rotatable bonds is 5. The highest BCUT2D eigenvalue weighted by atomic mass is 32.2. The minimum Gasteiger partial charge on any atom is -0.468 e. The predicted molar refractivity (Wildman–Crippen MR) is 91.3 cm³/mol. The van der Waals surface area contributed by atoms with Gasteiger partial charge < -0.3 is 10.1 Å². The van der Waals surface area contributed by atoms with Crippen LogP contribution in [-0.2, 0) is 20.9 Å². The van der Waals surface area contributed by atoms with Crippen molar-refractivity contribution in [2.24, 2.45) is 0 Å². The van der Waals surface area contributed by atoms with Gasteiger partial charge in [-0.2, -0.15) is 0 Å². The van der Waals surface area contributed by atoms with Gasteiger partial charge in [0.15, 0.2) is 5.16 Å². The molecule has 0 atom stereocenters. The zero-order chi connectivity index (χ0) is 18.4. The molecule has 0 spiro atoms. The maximum atomic E-state index is 12.6. The number of methoxy groups -OCH3 is 1. The number of imide groups is 1. The second-order valence-corrected chi connectivity index (χ2v) is 5.74. The summed E-state index contributed by atoms with van der Waals surface area (Å²) in [6.45, 7) is -0.327. The Morgan fingerprint density at radius 1 is 1.28 bits per heavy atom. The Kier molecular flexibility index (Phi) is 6.12. The third-order valence-electron chi connectivity index (χ3n) is 3.15. The van der Waals surface area contributed by atoms with Crippen LogP contribution in [0.15, 0.2) is 34.2 Å². The van der Waals surface area contributed by atoms with Crippen molar-refractivity contribution in [1.82, 2.24) is 20.2 Å². The third-order valence-corrected chi connectivity index (χ3v) is 4.13. The van der Waals surface area contributed by atoms with Crippen LogP contribution in [0.5, 0.6) is 0 Å². The van der Waals surface area contributed by atoms with E-state index in [2.05, 4.69) is 20.4 Å². The molecular weight excluding hydrogens is 348 g/mol. The number of esters is 1. The number of aromatic nitrogens is 2. The number of hydrogen-bond donors (Lipinski definition) is 2. The van der Waals surface area contributed by atoms with Crippen molar-refractivity contribution < 1.29 is 19.1 Å². The molecule has 0 radical (unpaired) electrons. The number of urea groups is 1. The molecule has 0 aliphatic heterocycles. The van der Waals surface area contributed by atoms with E-state index < -0.39 is 23.5 Å². The highest BCUT2D eigenvalue weighted by molar-refractivity contribution is 7.99. The Morgan fingerprint density at radius 2 is 2.00 bits per heavy atom. The van der Waals surface area contributed by atoms with Crippen LogP contribution in [0.1, 0.15) is 0 Å². The van der Waals surface area contributed by atoms with Crippen LogP contribution in [0.4, 0.5) is 4.79 Å². The summed E-state index contributed by atoms with van der Waals surface area (Å²) in [5, 5.41) is 4.90. The SMILES string of the molecule is CNC(=O)NC(=O)CSc1nc2ccccc2c(=O)n1CC(=O)OC. The van der Waals surface area contributed by atoms with Crippen molar-refractivity contribution >= 4 is 40.6 Å². The quantitative estimate of drug-likeness (QED) is 0.439. The normalized spacial score (nSPS) is 10.3. The number of amides is 3. The molecule has 9 nitrogen and oxygen atoms in total. The first-order valence-electron chi connectivity index (χ1n) is 7.17. The number of thioether (sulfide) groups is 1. The van der Waals surface area contributed by atoms with Gasteiger partial charge in [-0.25, -0.2) is 9.78 Å². The lowest BCUT2D eigenvalue weighted by Gasteiger charge is -2.12. The van der Waals surface area contributed by atoms with Gasteiger partial charge in [-0.15, -0.1) is 0 Å². The van der Waals surface area contributed by atoms with Crippen LogP contribution < -0.4 is 16.2 Å². The zero-order valence-corrected chi connectivity index (χ0v) is 14.4. The van der Waals surface area contributed by atoms with Crippen LogP contribution in [-0.4, -0.2) is 47.4 Å². The molecule has 0 saturated heterocycles. The number of nitrogens with zero attached hydrogens (tertiary/aromatic N) is 2. The van der Waals surface area contributed by atoms with Crippen molar-refractivity contribution in [3.63, 3.8) is 0 Å². The van der Waals surface area contributed by atoms with Gasteiger partial charge in [-0.1, -0.05) is 23.9 Å². The maximum Gasteiger partial charge on any atom is 0.325 e. The molecule has 0 unspecified atom stereocenters. The number of carbonyl (C=O) groups excluding carboxylic acids is 3. The lowest BCUT2D eigenvalue weighted by molar-refractivity contribution is -0.141. The molecule has 132 valence electrons. The van der Waals surface area contributed by atoms with Gasteiger partial charge in [-0.3, -0.25) is 24.3 Å². The summed E-state index contributed by atoms with van der Waals surface area (Å²) in [5.74, 6) is -1.33. The average molecular weight is 364 g/mol. The second-order valence-electron chi connectivity index (χ2n) is 4.79. The van der Waals surface area contributed by atoms with E-state index in [1.54, 1.807) is 24.3 Å². The van der Waals surface area contributed by atoms with E-state index >= 15 is 0 Å². The molecule has 0 saturated carbocycles. The predicted octanol–water partition coefficient (Wildman–Crippen LogP) is 0.117. The first-order valence-corrected chi connectivity index (χ1v) is 8.15. The van der Waals surface area contributed by atoms with E-state index in [4.69, 9.17) is 0 Å². The van der Waals surface area contributed by atoms with Crippen molar-refractivity contribution in [1.29, 1.82) is 0 Å². The Hall–Kier alpha value is -2.88. The van der Waals surface area contributed by atoms with Crippen LogP contribution in [0, 0.1) is 0 Å². The van der Waals surface area contributed by atoms with Gasteiger partial charge in [0.05, 0.1) is 23.8 Å². The molecule has 0 aliphatic carbocycles. The number of benzene rings is 1. The van der Waals surface area contributed by atoms with Crippen molar-refractivity contribution in [2.75, 3.05) is 19.9 Å². The first-order chi connectivity index (χ1) is 12.0. The van der Waals surface area contributed by atoms with E-state index in [-0.39, 0.29) is 17.5 Å². The van der Waals surface area contributed by atoms with E-state index in [1.807, 2.05) is 0 Å². The minimum atomic E-state index is -0.635. The molecule has 1 aromatic carbocycles. The Labute approximate surface area is 146 Å². The standard InChI is InChI=1S/C15H16N4O5S/c1-16-14(23)18-11(20)8-25-15-17-10-6-4-3-5-9(10)13(22)19(15)7-12(21)24-2/h3-6H,7-8H2,1-2H3,(H2,16,18,20,23). The summed E-state index contributed by atoms with van der Waals surface area (Å²) in [7, 11) is 2.60. The summed E-state index contributed by atoms with van der Waals surface area (Å²) in [5.41, 5.74) is 0.0352. The van der Waals surface area contributed by atoms with Gasteiger partial charge >= 0.3 is 12.0 Å². The largest absolute Gasteiger partial charge is 0.468 e. The van der Waals surface area contributed by atoms with E-state index in [0.29, 0.717) is 10.9 Å². The second kappa shape index (κ2) is 8.29. The average Bonchev–Trinajstić information content (AvgIpc) is 2.62. The molecule has 2 rings (SSSR count). The van der Waals surface area contributed by atoms with Crippen LogP contribution in [0.2, 0.25) is 0 Å². The molecule has 0 fully saturated rings. The summed E-state index contributed by atoms with van der Waals surface area (Å²) < 4.78 is 5.75. The fraction of sp³-hybridized carbons (Fsp3) is 0.267. The van der Waals surface area contributed by atoms with Gasteiger partial charge in [0.2, 0.25) is 5.91 Å². The molecule has 0 aliphatic rings. The lowest BCUT2D eigenvalue weighted by atomic mass is 10.2. The molecule has 3 amide bonds. The Morgan fingerprint density at radius 3 is 2.68 bits per heavy atom. The molecular formula is C15H16N4O5S. The number of nitrogens with one attached hydrogen (secondary N) is 2. The fourth-order valence-electron chi connectivity index (χ4n) is 1.95. The molecule has 2 aromatic rings. The van der Waals surface area contributed by atoms with Gasteiger partial charge in [-0.05, 0) is 12.1 Å². The molecule has 1 heterocycles. The third kappa shape index (κ3) is 4.57. The van der Waals surface area contributed by atoms with E-state index in [9.17, 15) is 19.2 Å². The number of fused-ring (bicyclic) bond motifs is 1. The lowest BCUT2D eigenvalue weighted by Crippen LogP contribution is -2.38. The zero-order valence-electron chi connectivity index (χ0n) is 13.6. The highest BCUT2D eigenvalue weighted by Crippen LogP contribution is 2.17. The number of para-hydroxylation sites is 1. The highest BCUT2D eigenvalue weighted by Gasteiger charge is 2.16. The smallest absolute Gasteiger partial charge is 0.325 e. The first kappa shape index (κ1) is 18.5. The van der Waals surface area contributed by atoms with Gasteiger partial charge in [0, 0.05) is 7.05 Å². The van der Waals surface area contributed by atoms with Crippen molar-refractivity contribution in [3.05, 3.63) is 34.6 Å². The topological polar surface area (TPSA) is 119 Å². The number of carbonyl (C=O) groups is 3. The fourth-order valence-corrected chi connectivity index (χ4v) is 2.74. The molecule has 1 aromatic heterocycles. The Bertz CT molecular complexity index is 880. The maximum absolute atomic E-state index is 12.6. The summed E-state index contributed by atoms with van der Waals surface area (Å²) in [6.07, 6.45) is 0. The summed E-state index contributed by atoms with van der Waals surface area (Å²) in [6, 6.07) is 6.05. The molecule has 25 heavy (non-hydrogen) atoms. The van der Waals surface area contributed by atoms with Gasteiger partial charge in [0.25, 0.3) is 5.56 Å². The molecule has 10 heteroatoms. The minimum absolute atomic E-state index is 0.153. The summed E-state index contributed by atoms with van der Waals surface area (Å²) in [4.78, 5) is 51.4. The van der Waals surface area contributed by atoms with Crippen LogP contribution in [0.25, 0.3) is 10.9 Å². The number of hydrogen-bond acceptors (Lipinski definition) is 7. The molecule has 0 bridgehead atoms. The van der Waals surface area contributed by atoms with Crippen LogP contribution in [0.3, 0.4) is 0 Å². The van der Waals surface area contributed by atoms with E-state index in [0.717, 1.165) is 16.3 Å². The van der Waals surface area contributed by atoms with Crippen molar-refractivity contribution in [3.8, 4) is 0 Å². The monoisotopic (exact) mass is 364 g/mol. The van der Waals surface area contributed by atoms with E-state index in [1.165, 1.54) is 14.2 Å². The number of ether oxygens (including phenoxy) is 1. The summed E-state index contributed by atoms with van der Waals surface area (Å²) >= 11 is 0.941. The molecule has 2 N–H and O–H groups in total. The van der Waals surface area contributed by atoms with Crippen LogP contribution >= 0.6 is 11.8 Å². The van der Waals surface area contributed by atoms with Crippen molar-refractivity contribution in [2.45, 2.75) is 11.7 Å². The van der Waals surface area contributed by atoms with Gasteiger partial charge in [0.1, 0.15) is 6.54 Å².